The van der Waals surface area contributed by atoms with E-state index in [-0.39, 0.29) is 31.1 Å². The number of pyridine rings is 1. The molecule has 0 bridgehead atoms. The first-order chi connectivity index (χ1) is 15.1. The van der Waals surface area contributed by atoms with Gasteiger partial charge in [0.05, 0.1) is 31.0 Å². The maximum atomic E-state index is 13.8. The maximum absolute atomic E-state index is 13.8. The lowest BCUT2D eigenvalue weighted by Crippen LogP contribution is -2.47. The van der Waals surface area contributed by atoms with Crippen LogP contribution in [0.2, 0.25) is 0 Å². The second-order valence-electron chi connectivity index (χ2n) is 8.26. The van der Waals surface area contributed by atoms with Crippen LogP contribution in [0.25, 0.3) is 0 Å². The summed E-state index contributed by atoms with van der Waals surface area (Å²) in [5.41, 5.74) is -0.174. The molecule has 2 aromatic heterocycles. The minimum atomic E-state index is -4.57. The second kappa shape index (κ2) is 8.61. The van der Waals surface area contributed by atoms with Crippen molar-refractivity contribution >= 4 is 17.5 Å². The summed E-state index contributed by atoms with van der Waals surface area (Å²) in [6.07, 6.45) is -3.42. The molecule has 2 aromatic rings. The number of rotatable bonds is 4. The Labute approximate surface area is 183 Å². The van der Waals surface area contributed by atoms with Crippen LogP contribution in [0.5, 0.6) is 5.88 Å². The van der Waals surface area contributed by atoms with Gasteiger partial charge in [0.15, 0.2) is 0 Å². The molecular weight excluding hydrogens is 427 g/mol. The molecule has 174 valence electrons. The Bertz CT molecular complexity index is 1030. The molecule has 2 atom stereocenters. The minimum Gasteiger partial charge on any atom is -0.475 e. The summed E-state index contributed by atoms with van der Waals surface area (Å²) in [5, 5.41) is 0. The van der Waals surface area contributed by atoms with Gasteiger partial charge in [0.25, 0.3) is 5.56 Å². The van der Waals surface area contributed by atoms with E-state index in [0.29, 0.717) is 37.1 Å². The highest BCUT2D eigenvalue weighted by Crippen LogP contribution is 2.41. The topological polar surface area (TPSA) is 72.7 Å². The smallest absolute Gasteiger partial charge is 0.409 e. The molecule has 4 heterocycles. The fourth-order valence-corrected chi connectivity index (χ4v) is 4.07. The Hall–Kier alpha value is -2.82. The molecular formula is C21H26F3N5O3. The average Bonchev–Trinajstić information content (AvgIpc) is 2.72. The van der Waals surface area contributed by atoms with Crippen LogP contribution in [0.1, 0.15) is 33.2 Å². The van der Waals surface area contributed by atoms with Gasteiger partial charge in [-0.3, -0.25) is 9.36 Å². The summed E-state index contributed by atoms with van der Waals surface area (Å²) < 4.78 is 53.2. The van der Waals surface area contributed by atoms with Crippen molar-refractivity contribution in [2.75, 3.05) is 36.1 Å². The highest BCUT2D eigenvalue weighted by Gasteiger charge is 2.46. The number of halogens is 3. The number of alkyl halides is 3. The molecule has 0 spiro atoms. The van der Waals surface area contributed by atoms with E-state index in [2.05, 4.69) is 9.97 Å². The van der Waals surface area contributed by atoms with Gasteiger partial charge in [0.1, 0.15) is 11.9 Å². The SMILES string of the molecule is CC(C)Oc1cc(N2CC[C@H](C(F)(F)F)n3c2nc(N2CCOC[C@H]2C)cc3=O)ccn1. The van der Waals surface area contributed by atoms with Crippen LogP contribution < -0.4 is 20.1 Å². The van der Waals surface area contributed by atoms with Crippen molar-refractivity contribution in [3.63, 3.8) is 0 Å². The molecule has 8 nitrogen and oxygen atoms in total. The number of ether oxygens (including phenoxy) is 2. The molecule has 11 heteroatoms. The Kier molecular flexibility index (Phi) is 6.02. The van der Waals surface area contributed by atoms with Gasteiger partial charge in [0.2, 0.25) is 11.8 Å². The van der Waals surface area contributed by atoms with Crippen molar-refractivity contribution in [3.8, 4) is 5.88 Å². The number of fused-ring (bicyclic) bond motifs is 1. The van der Waals surface area contributed by atoms with Crippen molar-refractivity contribution < 1.29 is 22.6 Å². The third-order valence-corrected chi connectivity index (χ3v) is 5.53. The summed E-state index contributed by atoms with van der Waals surface area (Å²) in [4.78, 5) is 25.2. The zero-order valence-electron chi connectivity index (χ0n) is 18.2. The zero-order chi connectivity index (χ0) is 23.0. The quantitative estimate of drug-likeness (QED) is 0.703. The van der Waals surface area contributed by atoms with E-state index in [9.17, 15) is 18.0 Å². The number of hydrogen-bond donors (Lipinski definition) is 0. The minimum absolute atomic E-state index is 0.0403. The Morgan fingerprint density at radius 2 is 2.03 bits per heavy atom. The van der Waals surface area contributed by atoms with E-state index in [1.165, 1.54) is 12.3 Å². The molecule has 1 saturated heterocycles. The Morgan fingerprint density at radius 3 is 2.72 bits per heavy atom. The molecule has 0 unspecified atom stereocenters. The highest BCUT2D eigenvalue weighted by molar-refractivity contribution is 5.61. The van der Waals surface area contributed by atoms with Gasteiger partial charge >= 0.3 is 6.18 Å². The number of morpholine rings is 1. The van der Waals surface area contributed by atoms with Crippen LogP contribution in [0, 0.1) is 0 Å². The third kappa shape index (κ3) is 4.38. The van der Waals surface area contributed by atoms with E-state index in [4.69, 9.17) is 9.47 Å². The lowest BCUT2D eigenvalue weighted by Gasteiger charge is -2.39. The van der Waals surface area contributed by atoms with Gasteiger partial charge < -0.3 is 19.3 Å². The number of aromatic nitrogens is 3. The second-order valence-corrected chi connectivity index (χ2v) is 8.26. The summed E-state index contributed by atoms with van der Waals surface area (Å²) in [6, 6.07) is 2.52. The van der Waals surface area contributed by atoms with Crippen LogP contribution in [-0.4, -0.2) is 59.2 Å². The number of anilines is 3. The van der Waals surface area contributed by atoms with Gasteiger partial charge in [0, 0.05) is 31.4 Å². The van der Waals surface area contributed by atoms with Crippen molar-refractivity contribution in [1.82, 2.24) is 14.5 Å². The van der Waals surface area contributed by atoms with Gasteiger partial charge in [-0.2, -0.15) is 18.2 Å². The van der Waals surface area contributed by atoms with Crippen molar-refractivity contribution in [2.24, 2.45) is 0 Å². The molecule has 1 fully saturated rings. The molecule has 0 N–H and O–H groups in total. The Balaban J connectivity index is 1.83. The predicted octanol–water partition coefficient (Wildman–Crippen LogP) is 3.30. The van der Waals surface area contributed by atoms with Gasteiger partial charge in [-0.15, -0.1) is 0 Å². The fraction of sp³-hybridized carbons (Fsp3) is 0.571. The first-order valence-corrected chi connectivity index (χ1v) is 10.6. The maximum Gasteiger partial charge on any atom is 0.409 e. The molecule has 0 amide bonds. The van der Waals surface area contributed by atoms with Crippen LogP contribution in [-0.2, 0) is 4.74 Å². The number of hydrogen-bond acceptors (Lipinski definition) is 7. The van der Waals surface area contributed by atoms with E-state index in [1.54, 1.807) is 17.0 Å². The van der Waals surface area contributed by atoms with Gasteiger partial charge in [-0.25, -0.2) is 4.98 Å². The van der Waals surface area contributed by atoms with Crippen LogP contribution in [0.3, 0.4) is 0 Å². The summed E-state index contributed by atoms with van der Waals surface area (Å²) >= 11 is 0. The lowest BCUT2D eigenvalue weighted by atomic mass is 10.1. The molecule has 32 heavy (non-hydrogen) atoms. The summed E-state index contributed by atoms with van der Waals surface area (Å²) in [6.45, 7) is 7.09. The van der Waals surface area contributed by atoms with Gasteiger partial charge in [-0.1, -0.05) is 0 Å². The van der Waals surface area contributed by atoms with Crippen LogP contribution >= 0.6 is 0 Å². The predicted molar refractivity (Wildman–Crippen MR) is 113 cm³/mol. The van der Waals surface area contributed by atoms with E-state index in [0.717, 1.165) is 4.57 Å². The fourth-order valence-electron chi connectivity index (χ4n) is 4.07. The van der Waals surface area contributed by atoms with Gasteiger partial charge in [-0.05, 0) is 33.3 Å². The molecule has 4 rings (SSSR count). The molecule has 0 saturated carbocycles. The Morgan fingerprint density at radius 1 is 1.25 bits per heavy atom. The molecule has 0 aliphatic carbocycles. The van der Waals surface area contributed by atoms with Crippen LogP contribution in [0.15, 0.2) is 29.2 Å². The third-order valence-electron chi connectivity index (χ3n) is 5.53. The largest absolute Gasteiger partial charge is 0.475 e. The standard InChI is InChI=1S/C21H26F3N5O3/c1-13(2)32-18-10-15(4-6-25-18)28-7-5-16(21(22,23)24)29-19(30)11-17(26-20(28)29)27-8-9-31-12-14(27)3/h4,6,10-11,13-14,16H,5,7-9,12H2,1-3H3/t14-,16-/m1/s1. The zero-order valence-corrected chi connectivity index (χ0v) is 18.2. The first-order valence-electron chi connectivity index (χ1n) is 10.6. The summed E-state index contributed by atoms with van der Waals surface area (Å²) in [5.74, 6) is 0.654. The van der Waals surface area contributed by atoms with Crippen molar-refractivity contribution in [3.05, 3.63) is 34.7 Å². The lowest BCUT2D eigenvalue weighted by molar-refractivity contribution is -0.170. The molecule has 2 aliphatic heterocycles. The van der Waals surface area contributed by atoms with E-state index < -0.39 is 17.8 Å². The molecule has 2 aliphatic rings. The normalized spacial score (nSPS) is 21.6. The monoisotopic (exact) mass is 453 g/mol. The average molecular weight is 453 g/mol. The summed E-state index contributed by atoms with van der Waals surface area (Å²) in [7, 11) is 0. The van der Waals surface area contributed by atoms with E-state index in [1.807, 2.05) is 25.7 Å². The van der Waals surface area contributed by atoms with Crippen LogP contribution in [0.4, 0.5) is 30.6 Å². The highest BCUT2D eigenvalue weighted by atomic mass is 19.4. The van der Waals surface area contributed by atoms with E-state index >= 15 is 0 Å². The first kappa shape index (κ1) is 22.4. The number of nitrogens with zero attached hydrogens (tertiary/aromatic N) is 5. The molecule has 0 radical (unpaired) electrons. The van der Waals surface area contributed by atoms with Crippen molar-refractivity contribution in [2.45, 2.75) is 51.6 Å². The molecule has 0 aromatic carbocycles. The van der Waals surface area contributed by atoms with Crippen molar-refractivity contribution in [1.29, 1.82) is 0 Å².